The van der Waals surface area contributed by atoms with Gasteiger partial charge in [0.2, 0.25) is 0 Å². The second-order valence-electron chi connectivity index (χ2n) is 1.66. The number of rotatable bonds is 4. The third kappa shape index (κ3) is 2.78. The molecule has 0 bridgehead atoms. The summed E-state index contributed by atoms with van der Waals surface area (Å²) in [6.07, 6.45) is 3.39. The predicted molar refractivity (Wildman–Crippen MR) is 51.9 cm³/mol. The van der Waals surface area contributed by atoms with Crippen LogP contribution >= 0.6 is 11.8 Å². The normalized spacial score (nSPS) is 12.1. The molecule has 0 aromatic carbocycles. The van der Waals surface area contributed by atoms with Crippen molar-refractivity contribution in [3.8, 4) is 0 Å². The minimum Gasteiger partial charge on any atom is -0.398 e. The summed E-state index contributed by atoms with van der Waals surface area (Å²) in [6.45, 7) is 9.28. The lowest BCUT2D eigenvalue weighted by Gasteiger charge is -2.00. The van der Waals surface area contributed by atoms with Crippen LogP contribution in [-0.2, 0) is 0 Å². The van der Waals surface area contributed by atoms with E-state index in [9.17, 15) is 0 Å². The smallest absolute Gasteiger partial charge is 0.0446 e. The lowest BCUT2D eigenvalue weighted by atomic mass is 10.4. The van der Waals surface area contributed by atoms with Gasteiger partial charge in [-0.15, -0.1) is 11.8 Å². The second-order valence-corrected chi connectivity index (χ2v) is 2.97. The van der Waals surface area contributed by atoms with Crippen LogP contribution in [0.3, 0.4) is 0 Å². The van der Waals surface area contributed by atoms with Crippen LogP contribution in [0.4, 0.5) is 0 Å². The Morgan fingerprint density at radius 2 is 2.20 bits per heavy atom. The van der Waals surface area contributed by atoms with E-state index in [-0.39, 0.29) is 1.43 Å². The molecule has 0 atom stereocenters. The van der Waals surface area contributed by atoms with Gasteiger partial charge in [0.1, 0.15) is 0 Å². The summed E-state index contributed by atoms with van der Waals surface area (Å²) in [4.78, 5) is 1.01. The van der Waals surface area contributed by atoms with Crippen molar-refractivity contribution in [2.24, 2.45) is 5.73 Å². The first-order valence-electron chi connectivity index (χ1n) is 3.13. The van der Waals surface area contributed by atoms with Crippen LogP contribution in [0.25, 0.3) is 0 Å². The first-order valence-corrected chi connectivity index (χ1v) is 4.12. The number of hydrogen-bond donors (Lipinski definition) is 1. The Morgan fingerprint density at radius 3 is 2.50 bits per heavy atom. The van der Waals surface area contributed by atoms with Gasteiger partial charge in [-0.05, 0) is 11.8 Å². The van der Waals surface area contributed by atoms with Gasteiger partial charge in [0, 0.05) is 12.0 Å². The largest absolute Gasteiger partial charge is 0.398 e. The maximum atomic E-state index is 5.58. The minimum atomic E-state index is 0. The fourth-order valence-electron chi connectivity index (χ4n) is 0.516. The molecule has 0 unspecified atom stereocenters. The van der Waals surface area contributed by atoms with Crippen LogP contribution < -0.4 is 5.73 Å². The second kappa shape index (κ2) is 5.18. The molecular formula is C8H15NS. The first kappa shape index (κ1) is 9.37. The van der Waals surface area contributed by atoms with Crippen LogP contribution in [0.5, 0.6) is 0 Å². The topological polar surface area (TPSA) is 26.0 Å². The molecule has 0 spiro atoms. The third-order valence-corrected chi connectivity index (χ3v) is 1.99. The molecule has 0 aliphatic rings. The lowest BCUT2D eigenvalue weighted by molar-refractivity contribution is 1.41. The lowest BCUT2D eigenvalue weighted by Crippen LogP contribution is -1.95. The molecule has 0 radical (unpaired) electrons. The molecule has 1 nitrogen and oxygen atoms in total. The van der Waals surface area contributed by atoms with E-state index in [1.807, 2.05) is 0 Å². The number of hydrogen-bond acceptors (Lipinski definition) is 2. The van der Waals surface area contributed by atoms with Crippen molar-refractivity contribution in [1.29, 1.82) is 0 Å². The summed E-state index contributed by atoms with van der Waals surface area (Å²) < 4.78 is 0. The van der Waals surface area contributed by atoms with Crippen LogP contribution in [0, 0.1) is 0 Å². The molecule has 0 aromatic rings. The average Bonchev–Trinajstić information content (AvgIpc) is 1.99. The Balaban J connectivity index is 0. The zero-order valence-corrected chi connectivity index (χ0v) is 7.08. The van der Waals surface area contributed by atoms with Crippen LogP contribution in [0.1, 0.15) is 8.35 Å². The van der Waals surface area contributed by atoms with Crippen molar-refractivity contribution < 1.29 is 1.43 Å². The molecule has 2 N–H and O–H groups in total. The van der Waals surface area contributed by atoms with E-state index in [0.717, 1.165) is 10.7 Å². The van der Waals surface area contributed by atoms with Gasteiger partial charge in [0.15, 0.2) is 0 Å². The van der Waals surface area contributed by atoms with E-state index in [1.165, 1.54) is 0 Å². The molecule has 10 heavy (non-hydrogen) atoms. The molecule has 0 saturated carbocycles. The van der Waals surface area contributed by atoms with Crippen molar-refractivity contribution in [2.45, 2.75) is 6.92 Å². The highest BCUT2D eigenvalue weighted by atomic mass is 32.2. The van der Waals surface area contributed by atoms with E-state index in [0.29, 0.717) is 5.70 Å². The Labute approximate surface area is 68.2 Å². The van der Waals surface area contributed by atoms with Crippen molar-refractivity contribution in [1.82, 2.24) is 0 Å². The van der Waals surface area contributed by atoms with E-state index in [4.69, 9.17) is 5.73 Å². The summed E-state index contributed by atoms with van der Waals surface area (Å²) in [5.74, 6) is 1.01. The predicted octanol–water partition coefficient (Wildman–Crippen LogP) is 2.53. The van der Waals surface area contributed by atoms with Gasteiger partial charge in [-0.1, -0.05) is 26.2 Å². The highest BCUT2D eigenvalue weighted by molar-refractivity contribution is 8.03. The van der Waals surface area contributed by atoms with Crippen LogP contribution in [-0.4, -0.2) is 5.75 Å². The van der Waals surface area contributed by atoms with E-state index in [2.05, 4.69) is 20.1 Å². The van der Waals surface area contributed by atoms with Gasteiger partial charge in [-0.3, -0.25) is 0 Å². The fraction of sp³-hybridized carbons (Fsp3) is 0.250. The molecule has 0 aliphatic carbocycles. The van der Waals surface area contributed by atoms with Gasteiger partial charge >= 0.3 is 0 Å². The Bertz CT molecular complexity index is 163. The molecule has 58 valence electrons. The van der Waals surface area contributed by atoms with E-state index in [1.54, 1.807) is 23.9 Å². The zero-order valence-electron chi connectivity index (χ0n) is 6.26. The molecule has 0 fully saturated rings. The Kier molecular flexibility index (Phi) is 4.85. The SMILES string of the molecule is C=C/C(N)=C(\C=C)SCC.[HH]. The van der Waals surface area contributed by atoms with Crippen molar-refractivity contribution in [2.75, 3.05) is 5.75 Å². The number of thioether (sulfide) groups is 1. The first-order chi connectivity index (χ1) is 4.76. The summed E-state index contributed by atoms with van der Waals surface area (Å²) in [7, 11) is 0. The molecular weight excluding hydrogens is 142 g/mol. The quantitative estimate of drug-likeness (QED) is 0.635. The highest BCUT2D eigenvalue weighted by Gasteiger charge is 1.93. The van der Waals surface area contributed by atoms with E-state index >= 15 is 0 Å². The Hall–Kier alpha value is -0.630. The fourth-order valence-corrected chi connectivity index (χ4v) is 1.20. The third-order valence-electron chi connectivity index (χ3n) is 0.990. The maximum Gasteiger partial charge on any atom is 0.0446 e. The van der Waals surface area contributed by atoms with Crippen molar-refractivity contribution >= 4 is 11.8 Å². The van der Waals surface area contributed by atoms with Gasteiger partial charge in [0.25, 0.3) is 0 Å². The summed E-state index contributed by atoms with van der Waals surface area (Å²) >= 11 is 1.67. The van der Waals surface area contributed by atoms with Crippen molar-refractivity contribution in [3.63, 3.8) is 0 Å². The number of allylic oxidation sites excluding steroid dienone is 2. The average molecular weight is 157 g/mol. The van der Waals surface area contributed by atoms with E-state index < -0.39 is 0 Å². The van der Waals surface area contributed by atoms with Crippen LogP contribution in [0.2, 0.25) is 0 Å². The molecule has 0 aromatic heterocycles. The summed E-state index contributed by atoms with van der Waals surface area (Å²) in [5.41, 5.74) is 6.29. The zero-order chi connectivity index (χ0) is 7.98. The van der Waals surface area contributed by atoms with Crippen LogP contribution in [0.15, 0.2) is 35.9 Å². The van der Waals surface area contributed by atoms with Crippen molar-refractivity contribution in [3.05, 3.63) is 35.9 Å². The monoisotopic (exact) mass is 157 g/mol. The van der Waals surface area contributed by atoms with Gasteiger partial charge in [-0.2, -0.15) is 0 Å². The minimum absolute atomic E-state index is 0. The Morgan fingerprint density at radius 1 is 1.60 bits per heavy atom. The van der Waals surface area contributed by atoms with Gasteiger partial charge in [0.05, 0.1) is 0 Å². The molecule has 0 saturated heterocycles. The molecule has 0 heterocycles. The highest BCUT2D eigenvalue weighted by Crippen LogP contribution is 2.17. The summed E-state index contributed by atoms with van der Waals surface area (Å²) in [5, 5.41) is 0. The number of nitrogens with two attached hydrogens (primary N) is 1. The standard InChI is InChI=1S/C8H13NS.H2/c1-4-7(9)8(5-2)10-6-3;/h4-5H,1-2,6,9H2,3H3;1H/b8-7-;. The van der Waals surface area contributed by atoms with Gasteiger partial charge in [-0.25, -0.2) is 0 Å². The maximum absolute atomic E-state index is 5.58. The van der Waals surface area contributed by atoms with Gasteiger partial charge < -0.3 is 5.73 Å². The molecule has 2 heteroatoms. The molecule has 0 aliphatic heterocycles. The summed E-state index contributed by atoms with van der Waals surface area (Å²) in [6, 6.07) is 0. The molecule has 0 rings (SSSR count). The molecule has 0 amide bonds.